The van der Waals surface area contributed by atoms with Crippen LogP contribution in [0.25, 0.3) is 0 Å². The standard InChI is InChI=1S/C13H14FN3O2S/c1-7(8-2-4-9(14)5-3-8)16-13-17-10(6-20-13)11(15)12(18)19/h2-7,11H,15H2,1H3,(H,16,17)(H,18,19). The second-order valence-corrected chi connectivity index (χ2v) is 5.17. The number of benzene rings is 1. The number of hydrogen-bond donors (Lipinski definition) is 3. The summed E-state index contributed by atoms with van der Waals surface area (Å²) < 4.78 is 12.8. The van der Waals surface area contributed by atoms with Gasteiger partial charge < -0.3 is 16.2 Å². The number of aromatic nitrogens is 1. The summed E-state index contributed by atoms with van der Waals surface area (Å²) in [6.07, 6.45) is 0. The van der Waals surface area contributed by atoms with Crippen LogP contribution in [-0.2, 0) is 4.79 Å². The van der Waals surface area contributed by atoms with Crippen LogP contribution in [0.1, 0.15) is 30.3 Å². The zero-order chi connectivity index (χ0) is 14.7. The third-order valence-electron chi connectivity index (χ3n) is 2.82. The Morgan fingerprint density at radius 3 is 2.70 bits per heavy atom. The summed E-state index contributed by atoms with van der Waals surface area (Å²) in [5, 5.41) is 14.1. The predicted octanol–water partition coefficient (Wildman–Crippen LogP) is 2.54. The van der Waals surface area contributed by atoms with Gasteiger partial charge in [0, 0.05) is 5.38 Å². The third kappa shape index (κ3) is 3.31. The number of nitrogens with zero attached hydrogens (tertiary/aromatic N) is 1. The normalized spacial score (nSPS) is 13.8. The quantitative estimate of drug-likeness (QED) is 0.789. The van der Waals surface area contributed by atoms with Crippen molar-refractivity contribution in [3.8, 4) is 0 Å². The van der Waals surface area contributed by atoms with E-state index in [0.717, 1.165) is 5.56 Å². The number of carbonyl (C=O) groups is 1. The lowest BCUT2D eigenvalue weighted by Gasteiger charge is -2.13. The molecule has 2 rings (SSSR count). The number of thiazole rings is 1. The Kier molecular flexibility index (Phi) is 4.31. The van der Waals surface area contributed by atoms with E-state index in [9.17, 15) is 9.18 Å². The van der Waals surface area contributed by atoms with Gasteiger partial charge in [-0.05, 0) is 24.6 Å². The number of halogens is 1. The van der Waals surface area contributed by atoms with E-state index < -0.39 is 12.0 Å². The number of nitrogens with two attached hydrogens (primary N) is 1. The van der Waals surface area contributed by atoms with Crippen LogP contribution in [0.2, 0.25) is 0 Å². The van der Waals surface area contributed by atoms with Crippen LogP contribution in [0.15, 0.2) is 29.6 Å². The second-order valence-electron chi connectivity index (χ2n) is 4.31. The highest BCUT2D eigenvalue weighted by atomic mass is 32.1. The summed E-state index contributed by atoms with van der Waals surface area (Å²) >= 11 is 1.28. The average Bonchev–Trinajstić information content (AvgIpc) is 2.86. The lowest BCUT2D eigenvalue weighted by molar-refractivity contribution is -0.138. The molecule has 0 amide bonds. The first kappa shape index (κ1) is 14.4. The fourth-order valence-corrected chi connectivity index (χ4v) is 2.48. The van der Waals surface area contributed by atoms with Crippen molar-refractivity contribution >= 4 is 22.4 Å². The third-order valence-corrected chi connectivity index (χ3v) is 3.61. The number of carboxylic acids is 1. The molecule has 0 bridgehead atoms. The lowest BCUT2D eigenvalue weighted by Crippen LogP contribution is -2.21. The molecule has 1 aromatic carbocycles. The first-order chi connectivity index (χ1) is 9.47. The van der Waals surface area contributed by atoms with Crippen LogP contribution in [0.4, 0.5) is 9.52 Å². The van der Waals surface area contributed by atoms with Crippen molar-refractivity contribution in [1.29, 1.82) is 0 Å². The first-order valence-corrected chi connectivity index (χ1v) is 6.81. The Balaban J connectivity index is 2.06. The smallest absolute Gasteiger partial charge is 0.326 e. The van der Waals surface area contributed by atoms with Gasteiger partial charge in [0.25, 0.3) is 0 Å². The predicted molar refractivity (Wildman–Crippen MR) is 75.1 cm³/mol. The van der Waals surface area contributed by atoms with E-state index >= 15 is 0 Å². The van der Waals surface area contributed by atoms with Crippen LogP contribution in [0, 0.1) is 5.82 Å². The van der Waals surface area contributed by atoms with Gasteiger partial charge in [-0.25, -0.2) is 9.37 Å². The molecule has 0 aliphatic rings. The summed E-state index contributed by atoms with van der Waals surface area (Å²) in [4.78, 5) is 14.9. The van der Waals surface area contributed by atoms with Crippen molar-refractivity contribution in [2.75, 3.05) is 5.32 Å². The van der Waals surface area contributed by atoms with E-state index in [1.54, 1.807) is 17.5 Å². The van der Waals surface area contributed by atoms with E-state index in [1.807, 2.05) is 6.92 Å². The first-order valence-electron chi connectivity index (χ1n) is 5.93. The van der Waals surface area contributed by atoms with Gasteiger partial charge in [-0.1, -0.05) is 12.1 Å². The molecule has 5 nitrogen and oxygen atoms in total. The number of rotatable bonds is 5. The van der Waals surface area contributed by atoms with Crippen molar-refractivity contribution in [2.45, 2.75) is 19.0 Å². The topological polar surface area (TPSA) is 88.2 Å². The fourth-order valence-electron chi connectivity index (χ4n) is 1.64. The summed E-state index contributed by atoms with van der Waals surface area (Å²) in [7, 11) is 0. The molecule has 0 spiro atoms. The molecule has 1 aromatic heterocycles. The van der Waals surface area contributed by atoms with Crippen LogP contribution in [-0.4, -0.2) is 16.1 Å². The Bertz CT molecular complexity index is 600. The maximum atomic E-state index is 12.8. The van der Waals surface area contributed by atoms with Gasteiger partial charge in [0.15, 0.2) is 5.13 Å². The Morgan fingerprint density at radius 1 is 1.45 bits per heavy atom. The van der Waals surface area contributed by atoms with E-state index in [1.165, 1.54) is 23.5 Å². The number of hydrogen-bond acceptors (Lipinski definition) is 5. The van der Waals surface area contributed by atoms with Gasteiger partial charge in [0.05, 0.1) is 11.7 Å². The van der Waals surface area contributed by atoms with Gasteiger partial charge in [0.2, 0.25) is 0 Å². The summed E-state index contributed by atoms with van der Waals surface area (Å²) in [5.41, 5.74) is 6.71. The summed E-state index contributed by atoms with van der Waals surface area (Å²) in [6.45, 7) is 1.91. The minimum Gasteiger partial charge on any atom is -0.480 e. The zero-order valence-corrected chi connectivity index (χ0v) is 11.5. The molecule has 20 heavy (non-hydrogen) atoms. The molecule has 0 aliphatic heterocycles. The van der Waals surface area contributed by atoms with Crippen LogP contribution in [0.5, 0.6) is 0 Å². The largest absolute Gasteiger partial charge is 0.480 e. The molecule has 106 valence electrons. The van der Waals surface area contributed by atoms with Gasteiger partial charge in [-0.15, -0.1) is 11.3 Å². The molecule has 4 N–H and O–H groups in total. The van der Waals surface area contributed by atoms with Crippen molar-refractivity contribution in [3.05, 3.63) is 46.7 Å². The lowest BCUT2D eigenvalue weighted by atomic mass is 10.1. The Morgan fingerprint density at radius 2 is 2.10 bits per heavy atom. The number of carboxylic acid groups (broad SMARTS) is 1. The van der Waals surface area contributed by atoms with Crippen LogP contribution in [0.3, 0.4) is 0 Å². The van der Waals surface area contributed by atoms with E-state index in [2.05, 4.69) is 10.3 Å². The highest BCUT2D eigenvalue weighted by Crippen LogP contribution is 2.24. The highest BCUT2D eigenvalue weighted by Gasteiger charge is 2.18. The second kappa shape index (κ2) is 5.98. The van der Waals surface area contributed by atoms with Crippen molar-refractivity contribution in [3.63, 3.8) is 0 Å². The van der Waals surface area contributed by atoms with Gasteiger partial charge in [-0.3, -0.25) is 4.79 Å². The number of nitrogens with one attached hydrogen (secondary N) is 1. The Hall–Kier alpha value is -1.99. The maximum Gasteiger partial charge on any atom is 0.326 e. The van der Waals surface area contributed by atoms with Gasteiger partial charge in [-0.2, -0.15) is 0 Å². The molecule has 0 fully saturated rings. The molecule has 7 heteroatoms. The fraction of sp³-hybridized carbons (Fsp3) is 0.231. The molecule has 0 aliphatic carbocycles. The Labute approximate surface area is 119 Å². The zero-order valence-electron chi connectivity index (χ0n) is 10.7. The monoisotopic (exact) mass is 295 g/mol. The van der Waals surface area contributed by atoms with Crippen molar-refractivity contribution in [2.24, 2.45) is 5.73 Å². The molecule has 2 unspecified atom stereocenters. The summed E-state index contributed by atoms with van der Waals surface area (Å²) in [5.74, 6) is -1.40. The van der Waals surface area contributed by atoms with Crippen LogP contribution >= 0.6 is 11.3 Å². The molecule has 1 heterocycles. The molecule has 2 atom stereocenters. The molecule has 0 radical (unpaired) electrons. The minimum atomic E-state index is -1.12. The molecule has 0 saturated heterocycles. The number of aliphatic carboxylic acids is 1. The minimum absolute atomic E-state index is 0.0735. The van der Waals surface area contributed by atoms with Gasteiger partial charge >= 0.3 is 5.97 Å². The van der Waals surface area contributed by atoms with Crippen molar-refractivity contribution in [1.82, 2.24) is 4.98 Å². The molecular weight excluding hydrogens is 281 g/mol. The SMILES string of the molecule is CC(Nc1nc(C(N)C(=O)O)cs1)c1ccc(F)cc1. The average molecular weight is 295 g/mol. The van der Waals surface area contributed by atoms with Gasteiger partial charge in [0.1, 0.15) is 11.9 Å². The van der Waals surface area contributed by atoms with E-state index in [-0.39, 0.29) is 11.9 Å². The summed E-state index contributed by atoms with van der Waals surface area (Å²) in [6, 6.07) is 4.95. The van der Waals surface area contributed by atoms with E-state index in [4.69, 9.17) is 10.8 Å². The molecular formula is C13H14FN3O2S. The van der Waals surface area contributed by atoms with Crippen molar-refractivity contribution < 1.29 is 14.3 Å². The van der Waals surface area contributed by atoms with E-state index in [0.29, 0.717) is 10.8 Å². The number of anilines is 1. The maximum absolute atomic E-state index is 12.8. The molecule has 0 saturated carbocycles. The highest BCUT2D eigenvalue weighted by molar-refractivity contribution is 7.13. The van der Waals surface area contributed by atoms with Crippen LogP contribution < -0.4 is 11.1 Å². The molecule has 2 aromatic rings.